The molecule has 2 aliphatic heterocycles. The number of aromatic amines is 1. The van der Waals surface area contributed by atoms with E-state index in [1.165, 1.54) is 0 Å². The highest BCUT2D eigenvalue weighted by Crippen LogP contribution is 2.32. The number of hydrogen-bond acceptors (Lipinski definition) is 5. The number of nitrogens with one attached hydrogen (secondary N) is 2. The summed E-state index contributed by atoms with van der Waals surface area (Å²) >= 11 is 0. The first-order chi connectivity index (χ1) is 12.3. The molecule has 0 spiro atoms. The minimum absolute atomic E-state index is 0.0444. The molecule has 132 valence electrons. The zero-order valence-electron chi connectivity index (χ0n) is 14.0. The number of likely N-dealkylation sites (tertiary alicyclic amines) is 1. The fourth-order valence-electron chi connectivity index (χ4n) is 3.46. The summed E-state index contributed by atoms with van der Waals surface area (Å²) in [4.78, 5) is 14.5. The summed E-state index contributed by atoms with van der Waals surface area (Å²) in [6, 6.07) is 7.76. The van der Waals surface area contributed by atoms with Crippen molar-refractivity contribution in [3.8, 4) is 11.5 Å². The molecule has 25 heavy (non-hydrogen) atoms. The summed E-state index contributed by atoms with van der Waals surface area (Å²) in [5.74, 6) is 1.97. The average Bonchev–Trinajstić information content (AvgIpc) is 3.31. The zero-order valence-corrected chi connectivity index (χ0v) is 14.0. The van der Waals surface area contributed by atoms with Gasteiger partial charge in [-0.15, -0.1) is 0 Å². The highest BCUT2D eigenvalue weighted by atomic mass is 16.7. The van der Waals surface area contributed by atoms with Gasteiger partial charge >= 0.3 is 0 Å². The van der Waals surface area contributed by atoms with E-state index in [-0.39, 0.29) is 12.7 Å². The molecule has 0 saturated carbocycles. The Morgan fingerprint density at radius 2 is 2.24 bits per heavy atom. The van der Waals surface area contributed by atoms with Crippen molar-refractivity contribution in [3.05, 3.63) is 41.7 Å². The molecule has 7 heteroatoms. The Balaban J connectivity index is 1.27. The van der Waals surface area contributed by atoms with Gasteiger partial charge in [0.2, 0.25) is 12.7 Å². The number of carbonyl (C=O) groups excluding carboxylic acids is 1. The molecule has 7 nitrogen and oxygen atoms in total. The molecule has 4 rings (SSSR count). The van der Waals surface area contributed by atoms with Crippen molar-refractivity contribution in [3.63, 3.8) is 0 Å². The second kappa shape index (κ2) is 7.14. The van der Waals surface area contributed by atoms with Crippen molar-refractivity contribution in [1.82, 2.24) is 20.4 Å². The third-order valence-corrected chi connectivity index (χ3v) is 4.76. The van der Waals surface area contributed by atoms with Crippen LogP contribution in [0.4, 0.5) is 0 Å². The number of fused-ring (bicyclic) bond motifs is 1. The van der Waals surface area contributed by atoms with E-state index in [2.05, 4.69) is 20.4 Å². The molecule has 1 aromatic carbocycles. The van der Waals surface area contributed by atoms with E-state index in [1.807, 2.05) is 24.3 Å². The molecule has 2 aliphatic rings. The first-order valence-corrected chi connectivity index (χ1v) is 8.65. The van der Waals surface area contributed by atoms with E-state index in [1.54, 1.807) is 6.20 Å². The molecule has 1 aromatic heterocycles. The lowest BCUT2D eigenvalue weighted by molar-refractivity contribution is -0.122. The highest BCUT2D eigenvalue weighted by Gasteiger charge is 2.23. The topological polar surface area (TPSA) is 79.5 Å². The summed E-state index contributed by atoms with van der Waals surface area (Å²) in [7, 11) is 0. The molecule has 0 aliphatic carbocycles. The zero-order chi connectivity index (χ0) is 17.1. The van der Waals surface area contributed by atoms with E-state index in [9.17, 15) is 4.79 Å². The van der Waals surface area contributed by atoms with Crippen LogP contribution in [0.1, 0.15) is 30.0 Å². The van der Waals surface area contributed by atoms with Crippen LogP contribution in [0, 0.1) is 0 Å². The number of rotatable bonds is 5. The lowest BCUT2D eigenvalue weighted by Crippen LogP contribution is -2.41. The van der Waals surface area contributed by atoms with Gasteiger partial charge in [-0.25, -0.2) is 0 Å². The third kappa shape index (κ3) is 3.76. The van der Waals surface area contributed by atoms with Gasteiger partial charge in [-0.05, 0) is 43.1 Å². The van der Waals surface area contributed by atoms with E-state index >= 15 is 0 Å². The Bertz CT molecular complexity index is 732. The van der Waals surface area contributed by atoms with E-state index < -0.39 is 0 Å². The number of benzene rings is 1. The number of ether oxygens (including phenoxy) is 2. The number of H-pyrrole nitrogens is 1. The molecular weight excluding hydrogens is 320 g/mol. The minimum Gasteiger partial charge on any atom is -0.454 e. The van der Waals surface area contributed by atoms with Crippen LogP contribution in [-0.4, -0.2) is 47.4 Å². The smallest absolute Gasteiger partial charge is 0.234 e. The summed E-state index contributed by atoms with van der Waals surface area (Å²) in [6.07, 6.45) is 4.02. The minimum atomic E-state index is 0.0444. The first-order valence-electron chi connectivity index (χ1n) is 8.65. The Hall–Kier alpha value is -2.54. The van der Waals surface area contributed by atoms with Crippen LogP contribution in [-0.2, 0) is 11.3 Å². The Labute approximate surface area is 146 Å². The van der Waals surface area contributed by atoms with Crippen molar-refractivity contribution in [1.29, 1.82) is 0 Å². The van der Waals surface area contributed by atoms with Gasteiger partial charge in [0.25, 0.3) is 0 Å². The standard InChI is InChI=1S/C18H22N4O3/c23-18(19-9-13-3-4-16-17(8-13)25-12-24-16)11-22-7-1-2-14(10-22)15-5-6-20-21-15/h3-6,8,14H,1-2,7,9-12H2,(H,19,23)(H,20,21)/t14-/m1/s1. The molecule has 1 amide bonds. The monoisotopic (exact) mass is 342 g/mol. The van der Waals surface area contributed by atoms with Crippen LogP contribution in [0.2, 0.25) is 0 Å². The van der Waals surface area contributed by atoms with Crippen molar-refractivity contribution in [2.45, 2.75) is 25.3 Å². The van der Waals surface area contributed by atoms with Gasteiger partial charge in [0.15, 0.2) is 11.5 Å². The summed E-state index contributed by atoms with van der Waals surface area (Å²) in [5.41, 5.74) is 2.16. The van der Waals surface area contributed by atoms with Gasteiger partial charge < -0.3 is 14.8 Å². The van der Waals surface area contributed by atoms with E-state index in [0.29, 0.717) is 19.0 Å². The Morgan fingerprint density at radius 3 is 3.12 bits per heavy atom. The third-order valence-electron chi connectivity index (χ3n) is 4.76. The van der Waals surface area contributed by atoms with Gasteiger partial charge in [0, 0.05) is 30.9 Å². The van der Waals surface area contributed by atoms with Crippen molar-refractivity contribution >= 4 is 5.91 Å². The van der Waals surface area contributed by atoms with Crippen molar-refractivity contribution in [2.75, 3.05) is 26.4 Å². The van der Waals surface area contributed by atoms with Gasteiger partial charge in [-0.2, -0.15) is 5.10 Å². The number of amides is 1. The molecule has 2 aromatic rings. The number of nitrogens with zero attached hydrogens (tertiary/aromatic N) is 2. The first kappa shape index (κ1) is 16.0. The van der Waals surface area contributed by atoms with Gasteiger partial charge in [0.1, 0.15) is 0 Å². The Morgan fingerprint density at radius 1 is 1.32 bits per heavy atom. The number of piperidine rings is 1. The number of carbonyl (C=O) groups is 1. The van der Waals surface area contributed by atoms with Crippen LogP contribution in [0.15, 0.2) is 30.5 Å². The fourth-order valence-corrected chi connectivity index (χ4v) is 3.46. The van der Waals surface area contributed by atoms with Crippen LogP contribution in [0.5, 0.6) is 11.5 Å². The lowest BCUT2D eigenvalue weighted by atomic mass is 9.95. The summed E-state index contributed by atoms with van der Waals surface area (Å²) < 4.78 is 10.7. The Kier molecular flexibility index (Phi) is 4.56. The summed E-state index contributed by atoms with van der Waals surface area (Å²) in [6.45, 7) is 3.03. The van der Waals surface area contributed by atoms with Gasteiger partial charge in [0.05, 0.1) is 6.54 Å². The average molecular weight is 342 g/mol. The largest absolute Gasteiger partial charge is 0.454 e. The second-order valence-corrected chi connectivity index (χ2v) is 6.55. The van der Waals surface area contributed by atoms with Crippen LogP contribution in [0.3, 0.4) is 0 Å². The molecule has 1 atom stereocenters. The SMILES string of the molecule is O=C(CN1CCC[C@@H](c2ccn[nH]2)C1)NCc1ccc2c(c1)OCO2. The fraction of sp³-hybridized carbons (Fsp3) is 0.444. The molecular formula is C18H22N4O3. The second-order valence-electron chi connectivity index (χ2n) is 6.55. The molecule has 0 bridgehead atoms. The van der Waals surface area contributed by atoms with E-state index in [0.717, 1.165) is 48.7 Å². The maximum atomic E-state index is 12.3. The molecule has 1 saturated heterocycles. The molecule has 0 unspecified atom stereocenters. The molecule has 0 radical (unpaired) electrons. The maximum Gasteiger partial charge on any atom is 0.234 e. The van der Waals surface area contributed by atoms with Gasteiger partial charge in [-0.3, -0.25) is 14.8 Å². The normalized spacial score (nSPS) is 19.8. The highest BCUT2D eigenvalue weighted by molar-refractivity contribution is 5.78. The van der Waals surface area contributed by atoms with Crippen LogP contribution >= 0.6 is 0 Å². The van der Waals surface area contributed by atoms with Crippen molar-refractivity contribution in [2.24, 2.45) is 0 Å². The predicted molar refractivity (Wildman–Crippen MR) is 91.4 cm³/mol. The molecule has 1 fully saturated rings. The van der Waals surface area contributed by atoms with Gasteiger partial charge in [-0.1, -0.05) is 6.07 Å². The number of hydrogen-bond donors (Lipinski definition) is 2. The molecule has 3 heterocycles. The van der Waals surface area contributed by atoms with Crippen LogP contribution < -0.4 is 14.8 Å². The van der Waals surface area contributed by atoms with Crippen molar-refractivity contribution < 1.29 is 14.3 Å². The quantitative estimate of drug-likeness (QED) is 0.863. The van der Waals surface area contributed by atoms with Crippen LogP contribution in [0.25, 0.3) is 0 Å². The lowest BCUT2D eigenvalue weighted by Gasteiger charge is -2.31. The molecule has 2 N–H and O–H groups in total. The van der Waals surface area contributed by atoms with E-state index in [4.69, 9.17) is 9.47 Å². The predicted octanol–water partition coefficient (Wildman–Crippen LogP) is 1.63. The number of aromatic nitrogens is 2. The summed E-state index contributed by atoms with van der Waals surface area (Å²) in [5, 5.41) is 10.1. The maximum absolute atomic E-state index is 12.3.